The van der Waals surface area contributed by atoms with E-state index < -0.39 is 9.84 Å². The van der Waals surface area contributed by atoms with Crippen molar-refractivity contribution in [1.29, 1.82) is 0 Å². The minimum atomic E-state index is -3.60. The molecule has 1 aliphatic heterocycles. The fourth-order valence-corrected chi connectivity index (χ4v) is 5.30. The molecule has 0 saturated carbocycles. The topological polar surface area (TPSA) is 114 Å². The number of rotatable bonds is 6. The van der Waals surface area contributed by atoms with Crippen molar-refractivity contribution in [2.45, 2.75) is 10.6 Å². The molecule has 0 atom stereocenters. The van der Waals surface area contributed by atoms with Gasteiger partial charge in [0.1, 0.15) is 0 Å². The van der Waals surface area contributed by atoms with Crippen LogP contribution < -0.4 is 4.90 Å². The van der Waals surface area contributed by atoms with Crippen molar-refractivity contribution in [3.63, 3.8) is 0 Å². The summed E-state index contributed by atoms with van der Waals surface area (Å²) in [5.41, 5.74) is 1.20. The summed E-state index contributed by atoms with van der Waals surface area (Å²) < 4.78 is 32.7. The standard InChI is InChI=1S/C23H22N6O4S/c30-22(21-18(11-16-33-21)17-34(31,32)20-9-5-2-6-10-20)27-12-14-28(15-13-27)23-24-25-26-29(23)19-7-3-1-4-8-19/h1-11,16H,12-15,17H2. The van der Waals surface area contributed by atoms with E-state index in [1.807, 2.05) is 35.2 Å². The zero-order valence-corrected chi connectivity index (χ0v) is 19.0. The van der Waals surface area contributed by atoms with Crippen molar-refractivity contribution < 1.29 is 17.6 Å². The number of amides is 1. The van der Waals surface area contributed by atoms with Gasteiger partial charge in [-0.1, -0.05) is 41.5 Å². The Balaban J connectivity index is 1.28. The summed E-state index contributed by atoms with van der Waals surface area (Å²) in [6.45, 7) is 1.90. The van der Waals surface area contributed by atoms with Crippen molar-refractivity contribution in [2.24, 2.45) is 0 Å². The Bertz CT molecular complexity index is 1380. The highest BCUT2D eigenvalue weighted by Crippen LogP contribution is 2.23. The molecule has 0 aliphatic carbocycles. The van der Waals surface area contributed by atoms with E-state index in [1.54, 1.807) is 39.9 Å². The average Bonchev–Trinajstić information content (AvgIpc) is 3.54. The molecule has 0 radical (unpaired) electrons. The summed E-state index contributed by atoms with van der Waals surface area (Å²) in [6, 6.07) is 19.3. The molecule has 11 heteroatoms. The first-order valence-corrected chi connectivity index (χ1v) is 12.4. The molecular formula is C23H22N6O4S. The molecule has 3 heterocycles. The fourth-order valence-electron chi connectivity index (χ4n) is 3.92. The summed E-state index contributed by atoms with van der Waals surface area (Å²) in [5, 5.41) is 12.1. The lowest BCUT2D eigenvalue weighted by atomic mass is 10.2. The van der Waals surface area contributed by atoms with Gasteiger partial charge in [0.25, 0.3) is 5.91 Å². The van der Waals surface area contributed by atoms with Crippen molar-refractivity contribution >= 4 is 21.7 Å². The van der Waals surface area contributed by atoms with Gasteiger partial charge in [0, 0.05) is 31.7 Å². The van der Waals surface area contributed by atoms with E-state index in [9.17, 15) is 13.2 Å². The first kappa shape index (κ1) is 21.8. The maximum absolute atomic E-state index is 13.2. The van der Waals surface area contributed by atoms with Crippen LogP contribution in [0.25, 0.3) is 5.69 Å². The number of carbonyl (C=O) groups excluding carboxylic acids is 1. The van der Waals surface area contributed by atoms with Crippen molar-refractivity contribution in [2.75, 3.05) is 31.1 Å². The first-order chi connectivity index (χ1) is 16.5. The molecule has 2 aromatic heterocycles. The number of piperazine rings is 1. The third-order valence-electron chi connectivity index (χ3n) is 5.69. The normalized spacial score (nSPS) is 14.4. The van der Waals surface area contributed by atoms with Crippen LogP contribution in [0.3, 0.4) is 0 Å². The third kappa shape index (κ3) is 4.29. The number of nitrogens with zero attached hydrogens (tertiary/aromatic N) is 6. The van der Waals surface area contributed by atoms with Crippen molar-refractivity contribution in [1.82, 2.24) is 25.1 Å². The first-order valence-electron chi connectivity index (χ1n) is 10.7. The van der Waals surface area contributed by atoms with E-state index in [0.29, 0.717) is 37.7 Å². The molecule has 1 saturated heterocycles. The van der Waals surface area contributed by atoms with Gasteiger partial charge < -0.3 is 14.2 Å². The molecule has 174 valence electrons. The number of furan rings is 1. The molecule has 1 aliphatic rings. The smallest absolute Gasteiger partial charge is 0.289 e. The number of benzene rings is 2. The molecule has 5 rings (SSSR count). The summed E-state index contributed by atoms with van der Waals surface area (Å²) >= 11 is 0. The van der Waals surface area contributed by atoms with Gasteiger partial charge in [-0.05, 0) is 40.8 Å². The maximum Gasteiger partial charge on any atom is 0.289 e. The quantitative estimate of drug-likeness (QED) is 0.414. The molecule has 10 nitrogen and oxygen atoms in total. The molecule has 2 aromatic carbocycles. The molecule has 0 spiro atoms. The van der Waals surface area contributed by atoms with E-state index in [0.717, 1.165) is 5.69 Å². The lowest BCUT2D eigenvalue weighted by molar-refractivity contribution is 0.0713. The Kier molecular flexibility index (Phi) is 5.84. The number of aromatic nitrogens is 4. The number of anilines is 1. The Morgan fingerprint density at radius 3 is 2.29 bits per heavy atom. The van der Waals surface area contributed by atoms with Crippen LogP contribution in [-0.2, 0) is 15.6 Å². The Labute approximate surface area is 196 Å². The lowest BCUT2D eigenvalue weighted by Crippen LogP contribution is -2.49. The second-order valence-corrected chi connectivity index (χ2v) is 9.84. The van der Waals surface area contributed by atoms with Gasteiger partial charge in [0.05, 0.1) is 22.6 Å². The number of hydrogen-bond donors (Lipinski definition) is 0. The van der Waals surface area contributed by atoms with Crippen molar-refractivity contribution in [3.05, 3.63) is 84.3 Å². The number of para-hydroxylation sites is 1. The summed E-state index contributed by atoms with van der Waals surface area (Å²) in [5.74, 6) is 0.0269. The Morgan fingerprint density at radius 1 is 0.912 bits per heavy atom. The van der Waals surface area contributed by atoms with Crippen LogP contribution in [0.5, 0.6) is 0 Å². The molecule has 0 unspecified atom stereocenters. The molecule has 0 N–H and O–H groups in total. The summed E-state index contributed by atoms with van der Waals surface area (Å²) in [6.07, 6.45) is 1.35. The molecule has 34 heavy (non-hydrogen) atoms. The highest BCUT2D eigenvalue weighted by molar-refractivity contribution is 7.90. The second kappa shape index (κ2) is 9.10. The van der Waals surface area contributed by atoms with Crippen LogP contribution in [0.4, 0.5) is 5.95 Å². The van der Waals surface area contributed by atoms with E-state index >= 15 is 0 Å². The van der Waals surface area contributed by atoms with Crippen LogP contribution in [0.15, 0.2) is 82.3 Å². The third-order valence-corrected chi connectivity index (χ3v) is 7.37. The largest absolute Gasteiger partial charge is 0.459 e. The van der Waals surface area contributed by atoms with E-state index in [-0.39, 0.29) is 22.3 Å². The van der Waals surface area contributed by atoms with Crippen LogP contribution in [0, 0.1) is 0 Å². The van der Waals surface area contributed by atoms with Gasteiger partial charge >= 0.3 is 0 Å². The zero-order chi connectivity index (χ0) is 23.5. The number of tetrazole rings is 1. The zero-order valence-electron chi connectivity index (χ0n) is 18.2. The number of hydrogen-bond acceptors (Lipinski definition) is 8. The van der Waals surface area contributed by atoms with Crippen LogP contribution in [0.1, 0.15) is 16.1 Å². The minimum absolute atomic E-state index is 0.0575. The van der Waals surface area contributed by atoms with E-state index in [1.165, 1.54) is 12.3 Å². The predicted molar refractivity (Wildman–Crippen MR) is 123 cm³/mol. The van der Waals surface area contributed by atoms with Crippen LogP contribution >= 0.6 is 0 Å². The summed E-state index contributed by atoms with van der Waals surface area (Å²) in [4.78, 5) is 17.0. The Morgan fingerprint density at radius 2 is 1.59 bits per heavy atom. The minimum Gasteiger partial charge on any atom is -0.459 e. The lowest BCUT2D eigenvalue weighted by Gasteiger charge is -2.34. The van der Waals surface area contributed by atoms with Crippen molar-refractivity contribution in [3.8, 4) is 5.69 Å². The summed E-state index contributed by atoms with van der Waals surface area (Å²) in [7, 11) is -3.60. The molecule has 4 aromatic rings. The average molecular weight is 479 g/mol. The van der Waals surface area contributed by atoms with Gasteiger partial charge in [-0.25, -0.2) is 8.42 Å². The SMILES string of the molecule is O=C(c1occc1CS(=O)(=O)c1ccccc1)N1CCN(c2nnnn2-c2ccccc2)CC1. The van der Waals surface area contributed by atoms with E-state index in [4.69, 9.17) is 4.42 Å². The molecular weight excluding hydrogens is 456 g/mol. The fraction of sp³-hybridized carbons (Fsp3) is 0.217. The molecule has 0 bridgehead atoms. The van der Waals surface area contributed by atoms with Gasteiger partial charge in [0.15, 0.2) is 15.6 Å². The highest BCUT2D eigenvalue weighted by Gasteiger charge is 2.29. The highest BCUT2D eigenvalue weighted by atomic mass is 32.2. The Hall–Kier alpha value is -3.99. The number of sulfone groups is 1. The molecule has 1 amide bonds. The van der Waals surface area contributed by atoms with Gasteiger partial charge in [-0.3, -0.25) is 4.79 Å². The number of carbonyl (C=O) groups is 1. The van der Waals surface area contributed by atoms with Crippen LogP contribution in [0.2, 0.25) is 0 Å². The molecule has 1 fully saturated rings. The monoisotopic (exact) mass is 478 g/mol. The van der Waals surface area contributed by atoms with Gasteiger partial charge in [-0.2, -0.15) is 4.68 Å². The maximum atomic E-state index is 13.2. The predicted octanol–water partition coefficient (Wildman–Crippen LogP) is 2.19. The van der Waals surface area contributed by atoms with Gasteiger partial charge in [-0.15, -0.1) is 0 Å². The second-order valence-electron chi connectivity index (χ2n) is 7.85. The van der Waals surface area contributed by atoms with E-state index in [2.05, 4.69) is 15.5 Å². The van der Waals surface area contributed by atoms with Crippen LogP contribution in [-0.4, -0.2) is 65.6 Å². The van der Waals surface area contributed by atoms with Gasteiger partial charge in [0.2, 0.25) is 5.95 Å².